The first kappa shape index (κ1) is 23.2. The van der Waals surface area contributed by atoms with Crippen molar-refractivity contribution >= 4 is 23.2 Å². The van der Waals surface area contributed by atoms with Crippen LogP contribution in [-0.2, 0) is 6.61 Å². The second-order valence-corrected chi connectivity index (χ2v) is 8.60. The second kappa shape index (κ2) is 10.2. The molecular weight excluding hydrogens is 420 g/mol. The first-order valence-corrected chi connectivity index (χ1v) is 11.5. The number of nitrogens with zero attached hydrogens (tertiary/aromatic N) is 2. The van der Waals surface area contributed by atoms with Gasteiger partial charge in [0.15, 0.2) is 17.2 Å². The lowest BCUT2D eigenvalue weighted by Gasteiger charge is -2.12. The number of hydrogen-bond acceptors (Lipinski definition) is 5. The normalized spacial score (nSPS) is 12.3. The summed E-state index contributed by atoms with van der Waals surface area (Å²) in [5.74, 6) is -0.0523. The lowest BCUT2D eigenvalue weighted by Crippen LogP contribution is -2.22. The van der Waals surface area contributed by atoms with Crippen LogP contribution in [0.1, 0.15) is 46.6 Å². The SMILES string of the molecule is CSCCC(N)CCC(=O)c1c(C)nc2c(OCc3c(F)cccc3F)cc(C)cn12. The fourth-order valence-corrected chi connectivity index (χ4v) is 4.01. The highest BCUT2D eigenvalue weighted by Gasteiger charge is 2.20. The Morgan fingerprint density at radius 3 is 2.65 bits per heavy atom. The molecule has 0 radical (unpaired) electrons. The zero-order valence-electron chi connectivity index (χ0n) is 18.0. The zero-order valence-corrected chi connectivity index (χ0v) is 18.8. The van der Waals surface area contributed by atoms with Gasteiger partial charge in [0.25, 0.3) is 0 Å². The van der Waals surface area contributed by atoms with Crippen molar-refractivity contribution in [3.8, 4) is 5.75 Å². The van der Waals surface area contributed by atoms with Gasteiger partial charge < -0.3 is 10.5 Å². The largest absolute Gasteiger partial charge is 0.485 e. The van der Waals surface area contributed by atoms with Crippen LogP contribution in [0.5, 0.6) is 5.75 Å². The van der Waals surface area contributed by atoms with Gasteiger partial charge in [-0.25, -0.2) is 13.8 Å². The van der Waals surface area contributed by atoms with E-state index < -0.39 is 11.6 Å². The number of fused-ring (bicyclic) bond motifs is 1. The molecule has 1 aromatic carbocycles. The molecule has 0 bridgehead atoms. The molecule has 0 fully saturated rings. The Morgan fingerprint density at radius 2 is 1.97 bits per heavy atom. The summed E-state index contributed by atoms with van der Waals surface area (Å²) >= 11 is 1.73. The number of Topliss-reactive ketones (excluding diaryl/α,β-unsaturated/α-hetero) is 1. The second-order valence-electron chi connectivity index (χ2n) is 7.61. The number of imidazole rings is 1. The van der Waals surface area contributed by atoms with Crippen LogP contribution in [0.15, 0.2) is 30.5 Å². The molecule has 0 aliphatic carbocycles. The number of aromatic nitrogens is 2. The summed E-state index contributed by atoms with van der Waals surface area (Å²) in [6.45, 7) is 3.35. The Hall–Kier alpha value is -2.45. The van der Waals surface area contributed by atoms with Gasteiger partial charge in [-0.3, -0.25) is 9.20 Å². The van der Waals surface area contributed by atoms with Gasteiger partial charge in [0, 0.05) is 18.7 Å². The Morgan fingerprint density at radius 1 is 1.26 bits per heavy atom. The van der Waals surface area contributed by atoms with E-state index in [-0.39, 0.29) is 24.0 Å². The van der Waals surface area contributed by atoms with Crippen molar-refractivity contribution < 1.29 is 18.3 Å². The number of ether oxygens (including phenoxy) is 1. The highest BCUT2D eigenvalue weighted by atomic mass is 32.2. The average molecular weight is 448 g/mol. The van der Waals surface area contributed by atoms with Gasteiger partial charge in [0.05, 0.1) is 11.3 Å². The third kappa shape index (κ3) is 5.43. The standard InChI is InChI=1S/C23H27F2N3O2S/c1-14-11-21(30-13-17-18(24)5-4-6-19(17)25)23-27-15(2)22(28(23)12-14)20(29)8-7-16(26)9-10-31-3/h4-6,11-12,16H,7-10,13,26H2,1-3H3. The van der Waals surface area contributed by atoms with E-state index in [1.807, 2.05) is 19.4 Å². The highest BCUT2D eigenvalue weighted by molar-refractivity contribution is 7.98. The van der Waals surface area contributed by atoms with Crippen LogP contribution in [0.3, 0.4) is 0 Å². The lowest BCUT2D eigenvalue weighted by molar-refractivity contribution is 0.0971. The molecule has 3 aromatic rings. The Balaban J connectivity index is 1.85. The minimum Gasteiger partial charge on any atom is -0.485 e. The smallest absolute Gasteiger partial charge is 0.181 e. The highest BCUT2D eigenvalue weighted by Crippen LogP contribution is 2.26. The molecule has 2 N–H and O–H groups in total. The minimum atomic E-state index is -0.670. The van der Waals surface area contributed by atoms with Crippen molar-refractivity contribution in [3.63, 3.8) is 0 Å². The molecule has 2 aromatic heterocycles. The van der Waals surface area contributed by atoms with Crippen molar-refractivity contribution in [2.24, 2.45) is 5.73 Å². The Bertz CT molecular complexity index is 1060. The molecule has 0 aliphatic rings. The summed E-state index contributed by atoms with van der Waals surface area (Å²) < 4.78 is 35.3. The lowest BCUT2D eigenvalue weighted by atomic mass is 10.1. The molecule has 0 aliphatic heterocycles. The number of halogens is 2. The average Bonchev–Trinajstić information content (AvgIpc) is 3.05. The molecular formula is C23H27F2N3O2S. The van der Waals surface area contributed by atoms with E-state index in [1.54, 1.807) is 29.2 Å². The van der Waals surface area contributed by atoms with Gasteiger partial charge in [-0.05, 0) is 62.5 Å². The molecule has 5 nitrogen and oxygen atoms in total. The maximum Gasteiger partial charge on any atom is 0.181 e. The molecule has 0 spiro atoms. The molecule has 2 heterocycles. The summed E-state index contributed by atoms with van der Waals surface area (Å²) in [4.78, 5) is 17.5. The number of pyridine rings is 1. The van der Waals surface area contributed by atoms with E-state index in [1.165, 1.54) is 18.2 Å². The van der Waals surface area contributed by atoms with Crippen molar-refractivity contribution in [1.29, 1.82) is 0 Å². The van der Waals surface area contributed by atoms with Crippen LogP contribution in [0.4, 0.5) is 8.78 Å². The van der Waals surface area contributed by atoms with Gasteiger partial charge in [-0.1, -0.05) is 6.07 Å². The van der Waals surface area contributed by atoms with Crippen LogP contribution < -0.4 is 10.5 Å². The van der Waals surface area contributed by atoms with Crippen molar-refractivity contribution in [2.75, 3.05) is 12.0 Å². The van der Waals surface area contributed by atoms with Crippen LogP contribution in [-0.4, -0.2) is 33.2 Å². The van der Waals surface area contributed by atoms with Crippen LogP contribution in [0.25, 0.3) is 5.65 Å². The van der Waals surface area contributed by atoms with E-state index in [0.717, 1.165) is 17.7 Å². The van der Waals surface area contributed by atoms with E-state index >= 15 is 0 Å². The van der Waals surface area contributed by atoms with Gasteiger partial charge in [-0.2, -0.15) is 11.8 Å². The molecule has 3 rings (SSSR count). The number of thioether (sulfide) groups is 1. The number of carbonyl (C=O) groups excluding carboxylic acids is 1. The van der Waals surface area contributed by atoms with E-state index in [4.69, 9.17) is 10.5 Å². The summed E-state index contributed by atoms with van der Waals surface area (Å²) in [6.07, 6.45) is 5.64. The Labute approximate surface area is 185 Å². The maximum atomic E-state index is 14.0. The van der Waals surface area contributed by atoms with Crippen LogP contribution >= 0.6 is 11.8 Å². The van der Waals surface area contributed by atoms with E-state index in [2.05, 4.69) is 4.98 Å². The summed E-state index contributed by atoms with van der Waals surface area (Å²) in [5, 5.41) is 0. The minimum absolute atomic E-state index is 0.0211. The molecule has 0 saturated heterocycles. The predicted octanol–water partition coefficient (Wildman–Crippen LogP) is 4.85. The third-order valence-electron chi connectivity index (χ3n) is 5.13. The number of hydrogen-bond donors (Lipinski definition) is 1. The fraction of sp³-hybridized carbons (Fsp3) is 0.391. The number of rotatable bonds is 10. The predicted molar refractivity (Wildman–Crippen MR) is 120 cm³/mol. The maximum absolute atomic E-state index is 14.0. The quantitative estimate of drug-likeness (QED) is 0.450. The van der Waals surface area contributed by atoms with Gasteiger partial charge >= 0.3 is 0 Å². The van der Waals surface area contributed by atoms with Crippen molar-refractivity contribution in [1.82, 2.24) is 9.38 Å². The van der Waals surface area contributed by atoms with Crippen LogP contribution in [0, 0.1) is 25.5 Å². The molecule has 0 amide bonds. The molecule has 166 valence electrons. The third-order valence-corrected chi connectivity index (χ3v) is 5.77. The van der Waals surface area contributed by atoms with Gasteiger partial charge in [0.1, 0.15) is 23.9 Å². The fourth-order valence-electron chi connectivity index (χ4n) is 3.47. The van der Waals surface area contributed by atoms with Crippen molar-refractivity contribution in [3.05, 3.63) is 64.6 Å². The number of aryl methyl sites for hydroxylation is 2. The monoisotopic (exact) mass is 447 g/mol. The first-order valence-electron chi connectivity index (χ1n) is 10.1. The van der Waals surface area contributed by atoms with Crippen molar-refractivity contribution in [2.45, 2.75) is 45.8 Å². The van der Waals surface area contributed by atoms with Gasteiger partial charge in [0.2, 0.25) is 0 Å². The van der Waals surface area contributed by atoms with Gasteiger partial charge in [-0.15, -0.1) is 0 Å². The summed E-state index contributed by atoms with van der Waals surface area (Å²) in [6, 6.07) is 5.41. The number of carbonyl (C=O) groups is 1. The molecule has 31 heavy (non-hydrogen) atoms. The molecule has 1 atom stereocenters. The molecule has 8 heteroatoms. The van der Waals surface area contributed by atoms with E-state index in [9.17, 15) is 13.6 Å². The Kier molecular flexibility index (Phi) is 7.67. The topological polar surface area (TPSA) is 69.6 Å². The van der Waals surface area contributed by atoms with Crippen LogP contribution in [0.2, 0.25) is 0 Å². The molecule has 1 unspecified atom stereocenters. The number of benzene rings is 1. The number of nitrogens with two attached hydrogens (primary N) is 1. The van der Waals surface area contributed by atoms with E-state index in [0.29, 0.717) is 35.6 Å². The summed E-state index contributed by atoms with van der Waals surface area (Å²) in [7, 11) is 0. The zero-order chi connectivity index (χ0) is 22.5. The number of ketones is 1. The molecule has 0 saturated carbocycles. The first-order chi connectivity index (χ1) is 14.8. The summed E-state index contributed by atoms with van der Waals surface area (Å²) in [5.41, 5.74) is 8.29.